The number of pyridine rings is 1. The maximum atomic E-state index is 13.0. The number of sulfonamides is 1. The summed E-state index contributed by atoms with van der Waals surface area (Å²) in [5, 5.41) is 3.25. The Balaban J connectivity index is 2.34. The van der Waals surface area contributed by atoms with Crippen LogP contribution in [0.5, 0.6) is 0 Å². The number of nitrogens with one attached hydrogen (secondary N) is 1. The van der Waals surface area contributed by atoms with Crippen LogP contribution < -0.4 is 5.32 Å². The van der Waals surface area contributed by atoms with Crippen molar-refractivity contribution in [3.8, 4) is 0 Å². The molecule has 1 aliphatic carbocycles. The summed E-state index contributed by atoms with van der Waals surface area (Å²) in [6.45, 7) is 5.02. The lowest BCUT2D eigenvalue weighted by molar-refractivity contribution is 0.261. The van der Waals surface area contributed by atoms with E-state index in [1.807, 2.05) is 13.8 Å². The molecule has 1 aromatic rings. The zero-order chi connectivity index (χ0) is 15.3. The molecule has 5 nitrogen and oxygen atoms in total. The van der Waals surface area contributed by atoms with Crippen LogP contribution >= 0.6 is 0 Å². The molecule has 118 valence electrons. The van der Waals surface area contributed by atoms with Gasteiger partial charge in [-0.3, -0.25) is 0 Å². The van der Waals surface area contributed by atoms with Crippen molar-refractivity contribution in [1.82, 2.24) is 9.29 Å². The second-order valence-corrected chi connectivity index (χ2v) is 7.19. The largest absolute Gasteiger partial charge is 0.383 e. The van der Waals surface area contributed by atoms with Crippen LogP contribution in [0.25, 0.3) is 0 Å². The number of aromatic nitrogens is 1. The van der Waals surface area contributed by atoms with Gasteiger partial charge in [-0.1, -0.05) is 26.2 Å². The molecule has 1 N–H and O–H groups in total. The van der Waals surface area contributed by atoms with Crippen molar-refractivity contribution in [1.29, 1.82) is 0 Å². The van der Waals surface area contributed by atoms with E-state index in [1.165, 1.54) is 6.42 Å². The Morgan fingerprint density at radius 3 is 2.62 bits per heavy atom. The van der Waals surface area contributed by atoms with Crippen molar-refractivity contribution in [2.24, 2.45) is 0 Å². The second-order valence-electron chi connectivity index (χ2n) is 5.39. The molecule has 0 aliphatic heterocycles. The monoisotopic (exact) mass is 311 g/mol. The molecule has 0 aromatic carbocycles. The van der Waals surface area contributed by atoms with E-state index in [0.717, 1.165) is 25.7 Å². The van der Waals surface area contributed by atoms with Crippen LogP contribution in [0.15, 0.2) is 23.4 Å². The smallest absolute Gasteiger partial charge is 0.262 e. The minimum absolute atomic E-state index is 0.116. The van der Waals surface area contributed by atoms with Crippen LogP contribution in [0.4, 0.5) is 5.69 Å². The minimum atomic E-state index is -3.54. The summed E-state index contributed by atoms with van der Waals surface area (Å²) in [4.78, 5) is 4.14. The van der Waals surface area contributed by atoms with Gasteiger partial charge in [-0.2, -0.15) is 4.31 Å². The van der Waals surface area contributed by atoms with Gasteiger partial charge in [0.05, 0.1) is 5.69 Å². The molecule has 1 saturated carbocycles. The zero-order valence-electron chi connectivity index (χ0n) is 12.9. The fourth-order valence-electron chi connectivity index (χ4n) is 3.03. The van der Waals surface area contributed by atoms with Gasteiger partial charge in [0, 0.05) is 25.3 Å². The van der Waals surface area contributed by atoms with E-state index >= 15 is 0 Å². The molecule has 21 heavy (non-hydrogen) atoms. The topological polar surface area (TPSA) is 62.3 Å². The fraction of sp³-hybridized carbons (Fsp3) is 0.667. The van der Waals surface area contributed by atoms with Gasteiger partial charge in [0.2, 0.25) is 0 Å². The van der Waals surface area contributed by atoms with Crippen LogP contribution in [-0.4, -0.2) is 36.8 Å². The Morgan fingerprint density at radius 1 is 1.29 bits per heavy atom. The molecule has 0 bridgehead atoms. The summed E-state index contributed by atoms with van der Waals surface area (Å²) in [5.41, 5.74) is 0.592. The predicted molar refractivity (Wildman–Crippen MR) is 84.8 cm³/mol. The van der Waals surface area contributed by atoms with Gasteiger partial charge in [0.15, 0.2) is 5.03 Å². The van der Waals surface area contributed by atoms with E-state index in [1.54, 1.807) is 22.6 Å². The highest BCUT2D eigenvalue weighted by Crippen LogP contribution is 2.29. The highest BCUT2D eigenvalue weighted by atomic mass is 32.2. The first kappa shape index (κ1) is 16.2. The molecule has 0 unspecified atom stereocenters. The molecule has 1 aliphatic rings. The lowest BCUT2D eigenvalue weighted by Crippen LogP contribution is -2.41. The average Bonchev–Trinajstić information content (AvgIpc) is 2.49. The molecule has 0 atom stereocenters. The highest BCUT2D eigenvalue weighted by molar-refractivity contribution is 7.89. The van der Waals surface area contributed by atoms with Crippen molar-refractivity contribution >= 4 is 15.7 Å². The van der Waals surface area contributed by atoms with Crippen LogP contribution in [-0.2, 0) is 10.0 Å². The molecule has 1 fully saturated rings. The Bertz CT molecular complexity index is 554. The van der Waals surface area contributed by atoms with E-state index in [-0.39, 0.29) is 11.1 Å². The van der Waals surface area contributed by atoms with Crippen LogP contribution in [0, 0.1) is 0 Å². The van der Waals surface area contributed by atoms with Crippen molar-refractivity contribution in [2.75, 3.05) is 18.4 Å². The number of anilines is 1. The van der Waals surface area contributed by atoms with Gasteiger partial charge in [0.1, 0.15) is 0 Å². The van der Waals surface area contributed by atoms with Gasteiger partial charge < -0.3 is 5.32 Å². The molecule has 1 aromatic heterocycles. The Labute approximate surface area is 127 Å². The van der Waals surface area contributed by atoms with Gasteiger partial charge in [0.25, 0.3) is 10.0 Å². The Morgan fingerprint density at radius 2 is 2.00 bits per heavy atom. The number of rotatable bonds is 6. The second kappa shape index (κ2) is 7.22. The maximum absolute atomic E-state index is 13.0. The summed E-state index contributed by atoms with van der Waals surface area (Å²) in [5.74, 6) is 0. The SMILES string of the molecule is CCNc1cccnc1S(=O)(=O)N(CC)C1CCCCC1. The molecular weight excluding hydrogens is 286 g/mol. The number of hydrogen-bond donors (Lipinski definition) is 1. The Kier molecular flexibility index (Phi) is 5.58. The summed E-state index contributed by atoms with van der Waals surface area (Å²) >= 11 is 0. The summed E-state index contributed by atoms with van der Waals surface area (Å²) in [7, 11) is -3.54. The lowest BCUT2D eigenvalue weighted by Gasteiger charge is -2.32. The first-order valence-electron chi connectivity index (χ1n) is 7.82. The third-order valence-corrected chi connectivity index (χ3v) is 5.97. The van der Waals surface area contributed by atoms with Crippen molar-refractivity contribution in [2.45, 2.75) is 57.0 Å². The zero-order valence-corrected chi connectivity index (χ0v) is 13.7. The summed E-state index contributed by atoms with van der Waals surface area (Å²) in [6, 6.07) is 3.65. The quantitative estimate of drug-likeness (QED) is 0.877. The van der Waals surface area contributed by atoms with Crippen LogP contribution in [0.3, 0.4) is 0 Å². The fourth-order valence-corrected chi connectivity index (χ4v) is 4.80. The first-order chi connectivity index (χ1) is 10.1. The molecule has 0 spiro atoms. The lowest BCUT2D eigenvalue weighted by atomic mass is 9.95. The minimum Gasteiger partial charge on any atom is -0.383 e. The number of nitrogens with zero attached hydrogens (tertiary/aromatic N) is 2. The maximum Gasteiger partial charge on any atom is 0.262 e. The molecule has 0 radical (unpaired) electrons. The highest BCUT2D eigenvalue weighted by Gasteiger charge is 2.33. The molecule has 0 saturated heterocycles. The average molecular weight is 311 g/mol. The van der Waals surface area contributed by atoms with E-state index < -0.39 is 10.0 Å². The van der Waals surface area contributed by atoms with E-state index in [2.05, 4.69) is 10.3 Å². The first-order valence-corrected chi connectivity index (χ1v) is 9.26. The van der Waals surface area contributed by atoms with Gasteiger partial charge >= 0.3 is 0 Å². The van der Waals surface area contributed by atoms with Crippen molar-refractivity contribution < 1.29 is 8.42 Å². The normalized spacial score (nSPS) is 17.1. The molecule has 0 amide bonds. The van der Waals surface area contributed by atoms with Crippen LogP contribution in [0.2, 0.25) is 0 Å². The number of hydrogen-bond acceptors (Lipinski definition) is 4. The molecular formula is C15H25N3O2S. The van der Waals surface area contributed by atoms with Gasteiger partial charge in [-0.15, -0.1) is 0 Å². The van der Waals surface area contributed by atoms with E-state index in [4.69, 9.17) is 0 Å². The Hall–Kier alpha value is -1.14. The third kappa shape index (κ3) is 3.55. The third-order valence-electron chi connectivity index (χ3n) is 3.99. The summed E-state index contributed by atoms with van der Waals surface area (Å²) in [6.07, 6.45) is 6.88. The molecule has 1 heterocycles. The van der Waals surface area contributed by atoms with Crippen LogP contribution in [0.1, 0.15) is 46.0 Å². The van der Waals surface area contributed by atoms with Crippen molar-refractivity contribution in [3.63, 3.8) is 0 Å². The van der Waals surface area contributed by atoms with E-state index in [0.29, 0.717) is 18.8 Å². The van der Waals surface area contributed by atoms with Crippen molar-refractivity contribution in [3.05, 3.63) is 18.3 Å². The van der Waals surface area contributed by atoms with E-state index in [9.17, 15) is 8.42 Å². The summed E-state index contributed by atoms with van der Waals surface area (Å²) < 4.78 is 27.6. The predicted octanol–water partition coefficient (Wildman–Crippen LogP) is 2.86. The standard InChI is InChI=1S/C15H25N3O2S/c1-3-16-14-11-8-12-17-15(14)21(19,20)18(4-2)13-9-6-5-7-10-13/h8,11-13,16H,3-7,9-10H2,1-2H3. The van der Waals surface area contributed by atoms with Gasteiger partial charge in [-0.25, -0.2) is 13.4 Å². The molecule has 2 rings (SSSR count). The molecule has 6 heteroatoms. The van der Waals surface area contributed by atoms with Gasteiger partial charge in [-0.05, 0) is 31.9 Å².